The van der Waals surface area contributed by atoms with Crippen molar-refractivity contribution in [2.45, 2.75) is 36.3 Å². The molecule has 3 rings (SSSR count). The van der Waals surface area contributed by atoms with Crippen LogP contribution in [0.1, 0.15) is 19.3 Å². The zero-order chi connectivity index (χ0) is 21.5. The summed E-state index contributed by atoms with van der Waals surface area (Å²) in [6.45, 7) is 2.93. The quantitative estimate of drug-likeness (QED) is 0.318. The largest absolute Gasteiger partial charge is 0.392 e. The number of unbranched alkanes of at least 4 members (excludes halogenated alkanes) is 1. The number of anilines is 2. The van der Waals surface area contributed by atoms with Crippen molar-refractivity contribution in [1.29, 1.82) is 0 Å². The van der Waals surface area contributed by atoms with Crippen LogP contribution in [0, 0.1) is 10.9 Å². The molecule has 0 radical (unpaired) electrons. The monoisotopic (exact) mass is 479 g/mol. The van der Waals surface area contributed by atoms with Crippen LogP contribution in [0.4, 0.5) is 19.6 Å². The predicted octanol–water partition coefficient (Wildman–Crippen LogP) is 2.71. The third-order valence-electron chi connectivity index (χ3n) is 4.56. The summed E-state index contributed by atoms with van der Waals surface area (Å²) in [4.78, 5) is 3.57. The molecule has 2 heterocycles. The van der Waals surface area contributed by atoms with Crippen LogP contribution in [-0.2, 0) is 11.0 Å². The van der Waals surface area contributed by atoms with Gasteiger partial charge in [0.2, 0.25) is 0 Å². The minimum atomic E-state index is -1.95. The van der Waals surface area contributed by atoms with Gasteiger partial charge in [-0.1, -0.05) is 22.9 Å². The fourth-order valence-electron chi connectivity index (χ4n) is 3.07. The van der Waals surface area contributed by atoms with Gasteiger partial charge in [0.15, 0.2) is 21.2 Å². The molecule has 3 atom stereocenters. The molecule has 1 aliphatic rings. The molecule has 1 aliphatic heterocycles. The first kappa shape index (κ1) is 23.3. The minimum Gasteiger partial charge on any atom is -0.392 e. The van der Waals surface area contributed by atoms with E-state index >= 15 is 0 Å². The van der Waals surface area contributed by atoms with Crippen molar-refractivity contribution in [3.8, 4) is 0 Å². The topological polar surface area (TPSA) is 98.3 Å². The molecule has 0 spiro atoms. The Morgan fingerprint density at radius 2 is 2.13 bits per heavy atom. The number of benzene rings is 1. The molecule has 166 valence electrons. The number of nitrogens with zero attached hydrogens (tertiary/aromatic N) is 1. The molecule has 0 aliphatic carbocycles. The highest BCUT2D eigenvalue weighted by atomic mass is 35.5. The second-order valence-electron chi connectivity index (χ2n) is 6.94. The second-order valence-corrected chi connectivity index (χ2v) is 9.50. The Bertz CT molecular complexity index is 873. The summed E-state index contributed by atoms with van der Waals surface area (Å²) in [6.07, 6.45) is 3.30. The molecule has 2 aromatic rings. The highest BCUT2D eigenvalue weighted by molar-refractivity contribution is 7.86. The molecule has 7 nitrogen and oxygen atoms in total. The van der Waals surface area contributed by atoms with E-state index in [2.05, 4.69) is 25.7 Å². The number of hydrogen-bond acceptors (Lipinski definition) is 7. The van der Waals surface area contributed by atoms with Crippen molar-refractivity contribution in [1.82, 2.24) is 15.6 Å². The summed E-state index contributed by atoms with van der Waals surface area (Å²) in [5, 5.41) is 19.0. The molecule has 0 saturated carbocycles. The van der Waals surface area contributed by atoms with Crippen molar-refractivity contribution >= 4 is 44.7 Å². The maximum absolute atomic E-state index is 14.4. The van der Waals surface area contributed by atoms with Crippen LogP contribution in [-0.4, -0.2) is 52.6 Å². The molecule has 1 saturated heterocycles. The average molecular weight is 480 g/mol. The van der Waals surface area contributed by atoms with Gasteiger partial charge in [0.05, 0.1) is 27.9 Å². The average Bonchev–Trinajstić information content (AvgIpc) is 3.30. The standard InChI is InChI=1S/C18H24ClF2N5O2S2/c19-13-6-16(30(28)26-18-25-10-17(21)29-18)14(20)7-15(13)23-4-2-1-3-22-8-11-5-12(27)9-24-11/h6-7,10-12,22-24,27H,1-5,8-9H2,(H,25,26)/t11-,12+,30?/m1/s1. The maximum Gasteiger partial charge on any atom is 0.198 e. The van der Waals surface area contributed by atoms with E-state index in [0.717, 1.165) is 38.5 Å². The summed E-state index contributed by atoms with van der Waals surface area (Å²) in [6, 6.07) is 2.80. The van der Waals surface area contributed by atoms with E-state index in [1.807, 2.05) is 0 Å². The maximum atomic E-state index is 14.4. The van der Waals surface area contributed by atoms with Crippen molar-refractivity contribution < 1.29 is 18.1 Å². The lowest BCUT2D eigenvalue weighted by Crippen LogP contribution is -2.34. The van der Waals surface area contributed by atoms with Gasteiger partial charge >= 0.3 is 0 Å². The van der Waals surface area contributed by atoms with Crippen molar-refractivity contribution in [3.63, 3.8) is 0 Å². The Kier molecular flexibility index (Phi) is 8.78. The fraction of sp³-hybridized carbons (Fsp3) is 0.500. The Morgan fingerprint density at radius 1 is 1.33 bits per heavy atom. The Hall–Kier alpha value is -1.37. The van der Waals surface area contributed by atoms with Gasteiger partial charge in [0, 0.05) is 25.7 Å². The summed E-state index contributed by atoms with van der Waals surface area (Å²) in [5.41, 5.74) is 0.423. The summed E-state index contributed by atoms with van der Waals surface area (Å²) < 4.78 is 42.1. The summed E-state index contributed by atoms with van der Waals surface area (Å²) >= 11 is 6.88. The number of β-amino-alcohol motifs (C(OH)–C–C–N with tert-alkyl or cyclic N) is 1. The number of rotatable bonds is 11. The fourth-order valence-corrected chi connectivity index (χ4v) is 4.94. The Balaban J connectivity index is 1.39. The normalized spacial score (nSPS) is 19.7. The lowest BCUT2D eigenvalue weighted by atomic mass is 10.2. The van der Waals surface area contributed by atoms with Crippen LogP contribution < -0.4 is 20.7 Å². The van der Waals surface area contributed by atoms with E-state index in [4.69, 9.17) is 11.6 Å². The first-order valence-electron chi connectivity index (χ1n) is 9.57. The number of aliphatic hydroxyl groups excluding tert-OH is 1. The van der Waals surface area contributed by atoms with E-state index in [1.54, 1.807) is 0 Å². The van der Waals surface area contributed by atoms with Crippen LogP contribution in [0.5, 0.6) is 0 Å². The lowest BCUT2D eigenvalue weighted by molar-refractivity contribution is 0.193. The van der Waals surface area contributed by atoms with Gasteiger partial charge < -0.3 is 21.1 Å². The highest BCUT2D eigenvalue weighted by Crippen LogP contribution is 2.28. The van der Waals surface area contributed by atoms with Crippen LogP contribution in [0.3, 0.4) is 0 Å². The Morgan fingerprint density at radius 3 is 2.83 bits per heavy atom. The van der Waals surface area contributed by atoms with Gasteiger partial charge in [0.1, 0.15) is 5.82 Å². The number of aromatic nitrogens is 1. The van der Waals surface area contributed by atoms with Crippen LogP contribution in [0.25, 0.3) is 0 Å². The van der Waals surface area contributed by atoms with Gasteiger partial charge in [-0.3, -0.25) is 4.72 Å². The van der Waals surface area contributed by atoms with E-state index in [-0.39, 0.29) is 21.2 Å². The van der Waals surface area contributed by atoms with Crippen molar-refractivity contribution in [2.75, 3.05) is 36.2 Å². The molecule has 12 heteroatoms. The molecule has 1 aromatic carbocycles. The molecule has 5 N–H and O–H groups in total. The van der Waals surface area contributed by atoms with Gasteiger partial charge in [-0.05, 0) is 37.9 Å². The number of hydrogen-bond donors (Lipinski definition) is 5. The van der Waals surface area contributed by atoms with Crippen LogP contribution in [0.2, 0.25) is 5.02 Å². The molecule has 30 heavy (non-hydrogen) atoms. The van der Waals surface area contributed by atoms with Crippen molar-refractivity contribution in [2.24, 2.45) is 0 Å². The van der Waals surface area contributed by atoms with Crippen LogP contribution >= 0.6 is 22.9 Å². The SMILES string of the molecule is O=S(Nc1ncc(F)s1)c1cc(Cl)c(NCCCCNC[C@H]2C[C@H](O)CN2)cc1F. The third-order valence-corrected chi connectivity index (χ3v) is 6.80. The van der Waals surface area contributed by atoms with E-state index in [0.29, 0.717) is 36.2 Å². The minimum absolute atomic E-state index is 0.0945. The van der Waals surface area contributed by atoms with Crippen molar-refractivity contribution in [3.05, 3.63) is 34.3 Å². The van der Waals surface area contributed by atoms with Gasteiger partial charge in [0.25, 0.3) is 0 Å². The zero-order valence-electron chi connectivity index (χ0n) is 16.1. The van der Waals surface area contributed by atoms with Gasteiger partial charge in [-0.15, -0.1) is 0 Å². The molecule has 1 fully saturated rings. The number of nitrogens with one attached hydrogen (secondary N) is 4. The highest BCUT2D eigenvalue weighted by Gasteiger charge is 2.21. The van der Waals surface area contributed by atoms with E-state index < -0.39 is 21.9 Å². The number of aliphatic hydroxyl groups is 1. The van der Waals surface area contributed by atoms with Crippen LogP contribution in [0.15, 0.2) is 23.2 Å². The molecular weight excluding hydrogens is 456 g/mol. The molecule has 0 amide bonds. The number of thiazole rings is 1. The number of halogens is 3. The lowest BCUT2D eigenvalue weighted by Gasteiger charge is -2.13. The molecule has 1 unspecified atom stereocenters. The smallest absolute Gasteiger partial charge is 0.198 e. The zero-order valence-corrected chi connectivity index (χ0v) is 18.5. The summed E-state index contributed by atoms with van der Waals surface area (Å²) in [7, 11) is -1.95. The molecule has 0 bridgehead atoms. The second kappa shape index (κ2) is 11.3. The Labute approximate surface area is 185 Å². The first-order valence-corrected chi connectivity index (χ1v) is 11.9. The third kappa shape index (κ3) is 6.82. The predicted molar refractivity (Wildman–Crippen MR) is 117 cm³/mol. The van der Waals surface area contributed by atoms with Gasteiger partial charge in [-0.2, -0.15) is 4.39 Å². The van der Waals surface area contributed by atoms with E-state index in [1.165, 1.54) is 12.1 Å². The van der Waals surface area contributed by atoms with Gasteiger partial charge in [-0.25, -0.2) is 13.6 Å². The first-order chi connectivity index (χ1) is 14.4. The molecule has 1 aromatic heterocycles. The molecular formula is C18H24ClF2N5O2S2. The summed E-state index contributed by atoms with van der Waals surface area (Å²) in [5.74, 6) is -0.683. The van der Waals surface area contributed by atoms with E-state index in [9.17, 15) is 18.1 Å².